The summed E-state index contributed by atoms with van der Waals surface area (Å²) >= 11 is 1.60. The summed E-state index contributed by atoms with van der Waals surface area (Å²) in [7, 11) is 0. The molecule has 3 heterocycles. The van der Waals surface area contributed by atoms with Gasteiger partial charge >= 0.3 is 6.03 Å². The van der Waals surface area contributed by atoms with Crippen molar-refractivity contribution in [1.29, 1.82) is 0 Å². The fourth-order valence-electron chi connectivity index (χ4n) is 3.89. The minimum Gasteiger partial charge on any atom is -0.333 e. The molecule has 1 aromatic carbocycles. The van der Waals surface area contributed by atoms with E-state index < -0.39 is 23.3 Å². The minimum atomic E-state index is -1.32. The molecule has 8 heteroatoms. The van der Waals surface area contributed by atoms with E-state index in [2.05, 4.69) is 5.32 Å². The number of likely N-dealkylation sites (tertiary alicyclic amines) is 1. The highest BCUT2D eigenvalue weighted by molar-refractivity contribution is 7.10. The first-order chi connectivity index (χ1) is 13.4. The molecule has 2 aliphatic heterocycles. The zero-order valence-corrected chi connectivity index (χ0v) is 16.2. The van der Waals surface area contributed by atoms with Gasteiger partial charge in [-0.05, 0) is 48.9 Å². The van der Waals surface area contributed by atoms with Gasteiger partial charge < -0.3 is 10.2 Å². The average Bonchev–Trinajstić information content (AvgIpc) is 3.39. The van der Waals surface area contributed by atoms with Crippen LogP contribution in [0.15, 0.2) is 41.8 Å². The molecule has 2 aromatic rings. The molecular weight excluding hydrogens is 381 g/mol. The maximum Gasteiger partial charge on any atom is 0.325 e. The number of nitrogens with one attached hydrogen (secondary N) is 1. The van der Waals surface area contributed by atoms with Crippen molar-refractivity contribution in [3.63, 3.8) is 0 Å². The first-order valence-corrected chi connectivity index (χ1v) is 10.0. The van der Waals surface area contributed by atoms with Crippen LogP contribution in [0.5, 0.6) is 0 Å². The van der Waals surface area contributed by atoms with Crippen LogP contribution in [0.4, 0.5) is 9.18 Å². The van der Waals surface area contributed by atoms with Gasteiger partial charge in [0.25, 0.3) is 5.91 Å². The quantitative estimate of drug-likeness (QED) is 0.801. The van der Waals surface area contributed by atoms with Gasteiger partial charge in [-0.25, -0.2) is 9.18 Å². The Balaban J connectivity index is 1.52. The van der Waals surface area contributed by atoms with Gasteiger partial charge in [-0.2, -0.15) is 0 Å². The summed E-state index contributed by atoms with van der Waals surface area (Å²) in [5.41, 5.74) is -0.844. The summed E-state index contributed by atoms with van der Waals surface area (Å²) in [6, 6.07) is 8.74. The van der Waals surface area contributed by atoms with Crippen LogP contribution in [0.2, 0.25) is 0 Å². The van der Waals surface area contributed by atoms with Gasteiger partial charge in [-0.1, -0.05) is 18.2 Å². The van der Waals surface area contributed by atoms with Gasteiger partial charge in [-0.3, -0.25) is 14.5 Å². The van der Waals surface area contributed by atoms with Crippen molar-refractivity contribution in [2.24, 2.45) is 0 Å². The molecule has 146 valence electrons. The Morgan fingerprint density at radius 3 is 2.71 bits per heavy atom. The molecule has 2 atom stereocenters. The number of rotatable bonds is 4. The molecule has 1 N–H and O–H groups in total. The first kappa shape index (κ1) is 18.6. The lowest BCUT2D eigenvalue weighted by Crippen LogP contribution is -2.44. The van der Waals surface area contributed by atoms with Crippen molar-refractivity contribution in [3.05, 3.63) is 58.0 Å². The maximum absolute atomic E-state index is 13.2. The van der Waals surface area contributed by atoms with Gasteiger partial charge in [-0.15, -0.1) is 11.3 Å². The molecule has 0 saturated carbocycles. The van der Waals surface area contributed by atoms with E-state index in [9.17, 15) is 18.8 Å². The van der Waals surface area contributed by atoms with E-state index in [0.29, 0.717) is 12.1 Å². The van der Waals surface area contributed by atoms with Crippen molar-refractivity contribution in [1.82, 2.24) is 15.1 Å². The topological polar surface area (TPSA) is 69.7 Å². The van der Waals surface area contributed by atoms with Crippen LogP contribution in [-0.4, -0.2) is 40.7 Å². The highest BCUT2D eigenvalue weighted by atomic mass is 32.1. The number of halogens is 1. The van der Waals surface area contributed by atoms with Crippen molar-refractivity contribution in [2.45, 2.75) is 31.3 Å². The van der Waals surface area contributed by atoms with Crippen LogP contribution < -0.4 is 5.32 Å². The number of hydrogen-bond acceptors (Lipinski definition) is 4. The van der Waals surface area contributed by atoms with E-state index in [0.717, 1.165) is 22.6 Å². The van der Waals surface area contributed by atoms with Gasteiger partial charge in [0.1, 0.15) is 17.9 Å². The Bertz CT molecular complexity index is 915. The lowest BCUT2D eigenvalue weighted by atomic mass is 9.92. The van der Waals surface area contributed by atoms with Crippen LogP contribution in [-0.2, 0) is 15.1 Å². The van der Waals surface area contributed by atoms with E-state index in [4.69, 9.17) is 0 Å². The molecule has 6 nitrogen and oxygen atoms in total. The van der Waals surface area contributed by atoms with Crippen LogP contribution in [0.3, 0.4) is 0 Å². The Hall–Kier alpha value is -2.74. The summed E-state index contributed by atoms with van der Waals surface area (Å²) in [6.45, 7) is 1.87. The second-order valence-electron chi connectivity index (χ2n) is 7.21. The third-order valence-electron chi connectivity index (χ3n) is 5.43. The zero-order valence-electron chi connectivity index (χ0n) is 15.4. The summed E-state index contributed by atoms with van der Waals surface area (Å²) in [5, 5.41) is 4.62. The number of thiophene rings is 1. The molecule has 2 aliphatic rings. The third-order valence-corrected chi connectivity index (χ3v) is 6.41. The molecular formula is C20H20FN3O3S. The van der Waals surface area contributed by atoms with Gasteiger partial charge in [0, 0.05) is 11.4 Å². The number of carbonyl (C=O) groups is 3. The predicted octanol–water partition coefficient (Wildman–Crippen LogP) is 3.02. The fourth-order valence-corrected chi connectivity index (χ4v) is 4.76. The van der Waals surface area contributed by atoms with Crippen molar-refractivity contribution in [3.8, 4) is 0 Å². The van der Waals surface area contributed by atoms with E-state index in [1.807, 2.05) is 17.5 Å². The van der Waals surface area contributed by atoms with Crippen LogP contribution in [0, 0.1) is 5.82 Å². The van der Waals surface area contributed by atoms with E-state index in [1.54, 1.807) is 23.2 Å². The maximum atomic E-state index is 13.2. The van der Waals surface area contributed by atoms with E-state index in [1.165, 1.54) is 24.3 Å². The third kappa shape index (κ3) is 3.07. The summed E-state index contributed by atoms with van der Waals surface area (Å²) in [4.78, 5) is 42.1. The number of amides is 4. The molecule has 1 aromatic heterocycles. The lowest BCUT2D eigenvalue weighted by molar-refractivity contribution is -0.139. The minimum absolute atomic E-state index is 0.00301. The van der Waals surface area contributed by atoms with Crippen LogP contribution in [0.1, 0.15) is 36.2 Å². The predicted molar refractivity (Wildman–Crippen MR) is 102 cm³/mol. The molecule has 0 spiro atoms. The number of urea groups is 1. The Morgan fingerprint density at radius 1 is 1.29 bits per heavy atom. The normalized spacial score (nSPS) is 24.7. The van der Waals surface area contributed by atoms with Crippen molar-refractivity contribution < 1.29 is 18.8 Å². The zero-order chi connectivity index (χ0) is 19.9. The van der Waals surface area contributed by atoms with Crippen LogP contribution >= 0.6 is 11.3 Å². The first-order valence-electron chi connectivity index (χ1n) is 9.13. The fraction of sp³-hybridized carbons (Fsp3) is 0.350. The summed E-state index contributed by atoms with van der Waals surface area (Å²) < 4.78 is 13.2. The Labute approximate surface area is 165 Å². The Kier molecular flexibility index (Phi) is 4.66. The number of benzene rings is 1. The smallest absolute Gasteiger partial charge is 0.325 e. The second kappa shape index (κ2) is 7.01. The van der Waals surface area contributed by atoms with Crippen molar-refractivity contribution in [2.75, 3.05) is 13.1 Å². The molecule has 28 heavy (non-hydrogen) atoms. The number of nitrogens with zero attached hydrogens (tertiary/aromatic N) is 2. The summed E-state index contributed by atoms with van der Waals surface area (Å²) in [5.74, 6) is -1.18. The molecule has 0 bridgehead atoms. The monoisotopic (exact) mass is 401 g/mol. The molecule has 2 unspecified atom stereocenters. The van der Waals surface area contributed by atoms with Crippen molar-refractivity contribution >= 4 is 29.2 Å². The molecule has 0 aliphatic carbocycles. The number of carbonyl (C=O) groups excluding carboxylic acids is 3. The van der Waals surface area contributed by atoms with Gasteiger partial charge in [0.15, 0.2) is 0 Å². The Morgan fingerprint density at radius 2 is 2.04 bits per heavy atom. The lowest BCUT2D eigenvalue weighted by Gasteiger charge is -2.26. The highest BCUT2D eigenvalue weighted by Crippen LogP contribution is 2.35. The van der Waals surface area contributed by atoms with Crippen LogP contribution in [0.25, 0.3) is 0 Å². The van der Waals surface area contributed by atoms with E-state index >= 15 is 0 Å². The number of imide groups is 1. The second-order valence-corrected chi connectivity index (χ2v) is 8.19. The SMILES string of the molecule is CC1(c2ccc(F)cc2)NC(=O)N(CC(=O)N2CCCC2c2cccs2)C1=O. The molecule has 4 amide bonds. The molecule has 4 rings (SSSR count). The number of hydrogen-bond donors (Lipinski definition) is 1. The highest BCUT2D eigenvalue weighted by Gasteiger charge is 2.50. The van der Waals surface area contributed by atoms with E-state index in [-0.39, 0.29) is 18.5 Å². The molecule has 0 radical (unpaired) electrons. The largest absolute Gasteiger partial charge is 0.333 e. The van der Waals surface area contributed by atoms with Gasteiger partial charge in [0.2, 0.25) is 5.91 Å². The summed E-state index contributed by atoms with van der Waals surface area (Å²) in [6.07, 6.45) is 1.77. The standard InChI is InChI=1S/C20H20FN3O3S/c1-20(13-6-8-14(21)9-7-13)18(26)24(19(27)22-20)12-17(25)23-10-2-4-15(23)16-5-3-11-28-16/h3,5-9,11,15H,2,4,10,12H2,1H3,(H,22,27). The molecule has 2 fully saturated rings. The molecule has 2 saturated heterocycles. The van der Waals surface area contributed by atoms with Gasteiger partial charge in [0.05, 0.1) is 6.04 Å². The average molecular weight is 401 g/mol.